The van der Waals surface area contributed by atoms with Crippen LogP contribution in [0.4, 0.5) is 0 Å². The monoisotopic (exact) mass is 236 g/mol. The minimum Gasteiger partial charge on any atom is -0.497 e. The lowest BCUT2D eigenvalue weighted by atomic mass is 9.86. The van der Waals surface area contributed by atoms with Crippen molar-refractivity contribution in [2.75, 3.05) is 7.11 Å². The van der Waals surface area contributed by atoms with Crippen molar-refractivity contribution in [3.8, 4) is 5.75 Å². The Bertz CT molecular complexity index is 327. The van der Waals surface area contributed by atoms with E-state index >= 15 is 0 Å². The molecular weight excluding hydrogens is 212 g/mol. The fraction of sp³-hybridized carbons (Fsp3) is 0.600. The standard InChI is InChI=1S/C15H24O2/c1-5-12(2)10-15(3,16)11-13-6-8-14(17-4)9-7-13/h6-9,12,16H,5,10-11H2,1-4H3. The highest BCUT2D eigenvalue weighted by atomic mass is 16.5. The molecule has 96 valence electrons. The fourth-order valence-electron chi connectivity index (χ4n) is 2.15. The first-order valence-electron chi connectivity index (χ1n) is 6.32. The molecule has 2 heteroatoms. The molecule has 0 saturated carbocycles. The van der Waals surface area contributed by atoms with Crippen LogP contribution in [0, 0.1) is 5.92 Å². The molecule has 1 N–H and O–H groups in total. The van der Waals surface area contributed by atoms with Gasteiger partial charge in [-0.1, -0.05) is 32.4 Å². The molecule has 2 atom stereocenters. The van der Waals surface area contributed by atoms with Gasteiger partial charge in [0.15, 0.2) is 0 Å². The second-order valence-corrected chi connectivity index (χ2v) is 5.24. The molecule has 0 aromatic heterocycles. The van der Waals surface area contributed by atoms with Crippen molar-refractivity contribution >= 4 is 0 Å². The van der Waals surface area contributed by atoms with E-state index in [0.29, 0.717) is 12.3 Å². The number of hydrogen-bond acceptors (Lipinski definition) is 2. The highest BCUT2D eigenvalue weighted by Crippen LogP contribution is 2.24. The lowest BCUT2D eigenvalue weighted by Gasteiger charge is -2.26. The molecule has 0 bridgehead atoms. The van der Waals surface area contributed by atoms with Gasteiger partial charge in [0.25, 0.3) is 0 Å². The molecule has 2 nitrogen and oxygen atoms in total. The predicted octanol–water partition coefficient (Wildman–Crippen LogP) is 3.42. The zero-order valence-electron chi connectivity index (χ0n) is 11.4. The average Bonchev–Trinajstić information content (AvgIpc) is 2.28. The van der Waals surface area contributed by atoms with E-state index in [1.54, 1.807) is 7.11 Å². The quantitative estimate of drug-likeness (QED) is 0.820. The van der Waals surface area contributed by atoms with Crippen molar-refractivity contribution in [1.29, 1.82) is 0 Å². The van der Waals surface area contributed by atoms with Gasteiger partial charge in [0.2, 0.25) is 0 Å². The SMILES string of the molecule is CCC(C)CC(C)(O)Cc1ccc(OC)cc1. The first-order chi connectivity index (χ1) is 7.96. The summed E-state index contributed by atoms with van der Waals surface area (Å²) in [6.07, 6.45) is 2.65. The van der Waals surface area contributed by atoms with Crippen molar-refractivity contribution < 1.29 is 9.84 Å². The molecule has 0 saturated heterocycles. The lowest BCUT2D eigenvalue weighted by Crippen LogP contribution is -2.29. The Balaban J connectivity index is 2.62. The third-order valence-electron chi connectivity index (χ3n) is 3.23. The van der Waals surface area contributed by atoms with Crippen LogP contribution < -0.4 is 4.74 Å². The predicted molar refractivity (Wildman–Crippen MR) is 71.4 cm³/mol. The third kappa shape index (κ3) is 4.78. The van der Waals surface area contributed by atoms with E-state index in [0.717, 1.165) is 24.2 Å². The summed E-state index contributed by atoms with van der Waals surface area (Å²) in [4.78, 5) is 0. The molecular formula is C15H24O2. The number of rotatable bonds is 6. The highest BCUT2D eigenvalue weighted by Gasteiger charge is 2.23. The second kappa shape index (κ2) is 6.06. The van der Waals surface area contributed by atoms with Crippen LogP contribution in [0.15, 0.2) is 24.3 Å². The van der Waals surface area contributed by atoms with Crippen LogP contribution >= 0.6 is 0 Å². The molecule has 0 heterocycles. The molecule has 0 aliphatic rings. The van der Waals surface area contributed by atoms with E-state index in [1.165, 1.54) is 0 Å². The van der Waals surface area contributed by atoms with Gasteiger partial charge in [-0.2, -0.15) is 0 Å². The minimum atomic E-state index is -0.621. The van der Waals surface area contributed by atoms with Gasteiger partial charge < -0.3 is 9.84 Å². The summed E-state index contributed by atoms with van der Waals surface area (Å²) < 4.78 is 5.12. The second-order valence-electron chi connectivity index (χ2n) is 5.24. The number of methoxy groups -OCH3 is 1. The first kappa shape index (κ1) is 14.0. The minimum absolute atomic E-state index is 0.559. The summed E-state index contributed by atoms with van der Waals surface area (Å²) in [5.74, 6) is 1.42. The molecule has 2 unspecified atom stereocenters. The summed E-state index contributed by atoms with van der Waals surface area (Å²) in [6.45, 7) is 6.26. The Morgan fingerprint density at radius 1 is 1.29 bits per heavy atom. The zero-order valence-corrected chi connectivity index (χ0v) is 11.4. The van der Waals surface area contributed by atoms with E-state index in [9.17, 15) is 5.11 Å². The van der Waals surface area contributed by atoms with Crippen molar-refractivity contribution in [2.24, 2.45) is 5.92 Å². The average molecular weight is 236 g/mol. The summed E-state index contributed by atoms with van der Waals surface area (Å²) in [6, 6.07) is 7.91. The number of hydrogen-bond donors (Lipinski definition) is 1. The van der Waals surface area contributed by atoms with Gasteiger partial charge in [-0.3, -0.25) is 0 Å². The first-order valence-corrected chi connectivity index (χ1v) is 6.32. The Labute approximate surface area is 105 Å². The van der Waals surface area contributed by atoms with Crippen molar-refractivity contribution in [1.82, 2.24) is 0 Å². The maximum absolute atomic E-state index is 10.4. The third-order valence-corrected chi connectivity index (χ3v) is 3.23. The van der Waals surface area contributed by atoms with Gasteiger partial charge in [0.05, 0.1) is 12.7 Å². The van der Waals surface area contributed by atoms with Crippen LogP contribution in [-0.2, 0) is 6.42 Å². The van der Waals surface area contributed by atoms with Gasteiger partial charge in [-0.05, 0) is 37.0 Å². The number of aliphatic hydroxyl groups is 1. The highest BCUT2D eigenvalue weighted by molar-refractivity contribution is 5.27. The van der Waals surface area contributed by atoms with Crippen molar-refractivity contribution in [3.63, 3.8) is 0 Å². The number of ether oxygens (including phenoxy) is 1. The molecule has 1 aromatic rings. The molecule has 0 aliphatic carbocycles. The molecule has 1 aromatic carbocycles. The van der Waals surface area contributed by atoms with Crippen LogP contribution in [0.25, 0.3) is 0 Å². The van der Waals surface area contributed by atoms with E-state index in [2.05, 4.69) is 13.8 Å². The Morgan fingerprint density at radius 2 is 1.88 bits per heavy atom. The van der Waals surface area contributed by atoms with Crippen LogP contribution in [0.5, 0.6) is 5.75 Å². The van der Waals surface area contributed by atoms with Gasteiger partial charge in [0.1, 0.15) is 5.75 Å². The van der Waals surface area contributed by atoms with E-state index < -0.39 is 5.60 Å². The topological polar surface area (TPSA) is 29.5 Å². The van der Waals surface area contributed by atoms with Crippen LogP contribution in [0.2, 0.25) is 0 Å². The Hall–Kier alpha value is -1.02. The summed E-state index contributed by atoms with van der Waals surface area (Å²) >= 11 is 0. The molecule has 0 spiro atoms. The maximum atomic E-state index is 10.4. The molecule has 1 rings (SSSR count). The van der Waals surface area contributed by atoms with Crippen molar-refractivity contribution in [2.45, 2.75) is 45.6 Å². The molecule has 0 radical (unpaired) electrons. The van der Waals surface area contributed by atoms with Crippen molar-refractivity contribution in [3.05, 3.63) is 29.8 Å². The normalized spacial score (nSPS) is 16.3. The van der Waals surface area contributed by atoms with Crippen LogP contribution in [-0.4, -0.2) is 17.8 Å². The largest absolute Gasteiger partial charge is 0.497 e. The van der Waals surface area contributed by atoms with Gasteiger partial charge in [0, 0.05) is 6.42 Å². The van der Waals surface area contributed by atoms with Crippen LogP contribution in [0.1, 0.15) is 39.2 Å². The van der Waals surface area contributed by atoms with E-state index in [-0.39, 0.29) is 0 Å². The Kier molecular flexibility index (Phi) is 5.01. The fourth-order valence-corrected chi connectivity index (χ4v) is 2.15. The zero-order chi connectivity index (χ0) is 12.9. The van der Waals surface area contributed by atoms with E-state index in [4.69, 9.17) is 4.74 Å². The van der Waals surface area contributed by atoms with Gasteiger partial charge in [-0.15, -0.1) is 0 Å². The summed E-state index contributed by atoms with van der Waals surface area (Å²) in [5, 5.41) is 10.4. The maximum Gasteiger partial charge on any atom is 0.118 e. The number of benzene rings is 1. The van der Waals surface area contributed by atoms with Gasteiger partial charge in [-0.25, -0.2) is 0 Å². The van der Waals surface area contributed by atoms with Gasteiger partial charge >= 0.3 is 0 Å². The molecule has 0 amide bonds. The van der Waals surface area contributed by atoms with Crippen LogP contribution in [0.3, 0.4) is 0 Å². The summed E-state index contributed by atoms with van der Waals surface area (Å²) in [5.41, 5.74) is 0.531. The van der Waals surface area contributed by atoms with E-state index in [1.807, 2.05) is 31.2 Å². The molecule has 17 heavy (non-hydrogen) atoms. The molecule has 0 aliphatic heterocycles. The Morgan fingerprint density at radius 3 is 2.35 bits per heavy atom. The smallest absolute Gasteiger partial charge is 0.118 e. The summed E-state index contributed by atoms with van der Waals surface area (Å²) in [7, 11) is 1.66. The molecule has 0 fully saturated rings. The lowest BCUT2D eigenvalue weighted by molar-refractivity contribution is 0.0359.